The van der Waals surface area contributed by atoms with E-state index in [0.29, 0.717) is 28.0 Å². The summed E-state index contributed by atoms with van der Waals surface area (Å²) in [5.41, 5.74) is 8.74. The zero-order chi connectivity index (χ0) is 19.6. The van der Waals surface area contributed by atoms with Gasteiger partial charge in [-0.2, -0.15) is 10.4 Å². The second kappa shape index (κ2) is 7.78. The molecule has 0 saturated heterocycles. The molecule has 0 unspecified atom stereocenters. The fourth-order valence-corrected chi connectivity index (χ4v) is 3.42. The Morgan fingerprint density at radius 2 is 2.26 bits per heavy atom. The van der Waals surface area contributed by atoms with Gasteiger partial charge in [0.2, 0.25) is 0 Å². The van der Waals surface area contributed by atoms with Crippen molar-refractivity contribution in [2.75, 3.05) is 5.73 Å². The summed E-state index contributed by atoms with van der Waals surface area (Å²) in [7, 11) is 0. The topological polar surface area (TPSA) is 110 Å². The maximum absolute atomic E-state index is 12.1. The molecule has 2 heterocycles. The minimum Gasteiger partial charge on any atom is -0.375 e. The lowest BCUT2D eigenvalue weighted by Crippen LogP contribution is -2.36. The van der Waals surface area contributed by atoms with E-state index in [1.54, 1.807) is 16.1 Å². The van der Waals surface area contributed by atoms with Crippen molar-refractivity contribution in [2.24, 2.45) is 0 Å². The Hall–Kier alpha value is -2.89. The quantitative estimate of drug-likeness (QED) is 0.683. The third-order valence-corrected chi connectivity index (χ3v) is 5.18. The van der Waals surface area contributed by atoms with Gasteiger partial charge in [0.05, 0.1) is 22.8 Å². The molecular formula is C18H17ClN6OS. The number of halogens is 1. The van der Waals surface area contributed by atoms with Crippen LogP contribution in [0.2, 0.25) is 5.02 Å². The SMILES string of the molecule is Cc1c(-c2ccn(C[C@H](C)NC(=O)c3csc(N)n3)n2)ccc(C#N)c1Cl. The average Bonchev–Trinajstić information content (AvgIpc) is 3.26. The van der Waals surface area contributed by atoms with E-state index >= 15 is 0 Å². The molecule has 7 nitrogen and oxygen atoms in total. The summed E-state index contributed by atoms with van der Waals surface area (Å²) in [6.45, 7) is 4.24. The van der Waals surface area contributed by atoms with Crippen LogP contribution >= 0.6 is 22.9 Å². The number of thiazole rings is 1. The first-order valence-electron chi connectivity index (χ1n) is 8.14. The highest BCUT2D eigenvalue weighted by Gasteiger charge is 2.15. The number of aromatic nitrogens is 3. The lowest BCUT2D eigenvalue weighted by atomic mass is 10.0. The molecule has 0 fully saturated rings. The summed E-state index contributed by atoms with van der Waals surface area (Å²) in [5.74, 6) is -0.266. The highest BCUT2D eigenvalue weighted by molar-refractivity contribution is 7.13. The number of nitrogens with two attached hydrogens (primary N) is 1. The number of nitrogens with zero attached hydrogens (tertiary/aromatic N) is 4. The standard InChI is InChI=1S/C18H17ClN6OS/c1-10(22-17(26)15-9-27-18(21)23-15)8-25-6-5-14(24-25)13-4-3-12(7-20)16(19)11(13)2/h3-6,9-10H,8H2,1-2H3,(H2,21,23)(H,22,26)/t10-/m0/s1. The zero-order valence-corrected chi connectivity index (χ0v) is 16.3. The van der Waals surface area contributed by atoms with E-state index in [-0.39, 0.29) is 11.9 Å². The molecule has 0 radical (unpaired) electrons. The Morgan fingerprint density at radius 1 is 1.48 bits per heavy atom. The molecule has 0 aliphatic heterocycles. The third-order valence-electron chi connectivity index (χ3n) is 4.02. The Morgan fingerprint density at radius 3 is 2.93 bits per heavy atom. The van der Waals surface area contributed by atoms with E-state index in [1.807, 2.05) is 32.2 Å². The summed E-state index contributed by atoms with van der Waals surface area (Å²) in [5, 5.41) is 18.9. The van der Waals surface area contributed by atoms with E-state index in [2.05, 4.69) is 21.5 Å². The molecule has 1 aromatic carbocycles. The van der Waals surface area contributed by atoms with Crippen molar-refractivity contribution >= 4 is 34.0 Å². The Labute approximate surface area is 165 Å². The molecule has 1 amide bonds. The molecule has 3 aromatic rings. The smallest absolute Gasteiger partial charge is 0.271 e. The van der Waals surface area contributed by atoms with Crippen molar-refractivity contribution in [3.05, 3.63) is 51.6 Å². The molecule has 27 heavy (non-hydrogen) atoms. The van der Waals surface area contributed by atoms with Gasteiger partial charge in [-0.3, -0.25) is 9.48 Å². The van der Waals surface area contributed by atoms with Crippen LogP contribution in [0.3, 0.4) is 0 Å². The second-order valence-electron chi connectivity index (χ2n) is 6.08. The van der Waals surface area contributed by atoms with Gasteiger partial charge in [-0.15, -0.1) is 11.3 Å². The van der Waals surface area contributed by atoms with Gasteiger partial charge in [0, 0.05) is 23.2 Å². The lowest BCUT2D eigenvalue weighted by molar-refractivity contribution is 0.0932. The van der Waals surface area contributed by atoms with Crippen LogP contribution in [-0.4, -0.2) is 26.7 Å². The molecule has 138 valence electrons. The van der Waals surface area contributed by atoms with Gasteiger partial charge >= 0.3 is 0 Å². The van der Waals surface area contributed by atoms with Gasteiger partial charge in [0.25, 0.3) is 5.91 Å². The maximum atomic E-state index is 12.1. The largest absolute Gasteiger partial charge is 0.375 e. The number of nitrogen functional groups attached to an aromatic ring is 1. The van der Waals surface area contributed by atoms with Gasteiger partial charge in [0.1, 0.15) is 11.8 Å². The monoisotopic (exact) mass is 400 g/mol. The molecule has 2 aromatic heterocycles. The van der Waals surface area contributed by atoms with Crippen LogP contribution in [0.1, 0.15) is 28.5 Å². The molecule has 0 aliphatic rings. The van der Waals surface area contributed by atoms with Crippen molar-refractivity contribution in [1.29, 1.82) is 5.26 Å². The third kappa shape index (κ3) is 4.10. The fraction of sp³-hybridized carbons (Fsp3) is 0.222. The predicted octanol–water partition coefficient (Wildman–Crippen LogP) is 3.24. The summed E-state index contributed by atoms with van der Waals surface area (Å²) in [6.07, 6.45) is 1.84. The van der Waals surface area contributed by atoms with Crippen LogP contribution in [0.25, 0.3) is 11.3 Å². The number of nitriles is 1. The molecular weight excluding hydrogens is 384 g/mol. The first-order chi connectivity index (χ1) is 12.9. The summed E-state index contributed by atoms with van der Waals surface area (Å²) >= 11 is 7.47. The van der Waals surface area contributed by atoms with Gasteiger partial charge in [-0.05, 0) is 31.5 Å². The number of rotatable bonds is 5. The molecule has 1 atom stereocenters. The van der Waals surface area contributed by atoms with Crippen LogP contribution in [-0.2, 0) is 6.54 Å². The number of anilines is 1. The van der Waals surface area contributed by atoms with Crippen molar-refractivity contribution in [3.63, 3.8) is 0 Å². The Balaban J connectivity index is 1.70. The number of carbonyl (C=O) groups excluding carboxylic acids is 1. The number of hydrogen-bond acceptors (Lipinski definition) is 6. The lowest BCUT2D eigenvalue weighted by Gasteiger charge is -2.13. The number of amides is 1. The molecule has 9 heteroatoms. The van der Waals surface area contributed by atoms with E-state index in [0.717, 1.165) is 16.8 Å². The second-order valence-corrected chi connectivity index (χ2v) is 7.35. The summed E-state index contributed by atoms with van der Waals surface area (Å²) in [4.78, 5) is 16.1. The van der Waals surface area contributed by atoms with E-state index in [4.69, 9.17) is 22.6 Å². The van der Waals surface area contributed by atoms with E-state index in [1.165, 1.54) is 11.3 Å². The van der Waals surface area contributed by atoms with Crippen molar-refractivity contribution < 1.29 is 4.79 Å². The zero-order valence-electron chi connectivity index (χ0n) is 14.7. The minimum absolute atomic E-state index is 0.154. The summed E-state index contributed by atoms with van der Waals surface area (Å²) < 4.78 is 1.75. The Bertz CT molecular complexity index is 1030. The highest BCUT2D eigenvalue weighted by atomic mass is 35.5. The molecule has 3 N–H and O–H groups in total. The number of carbonyl (C=O) groups is 1. The highest BCUT2D eigenvalue weighted by Crippen LogP contribution is 2.29. The predicted molar refractivity (Wildman–Crippen MR) is 106 cm³/mol. The number of benzene rings is 1. The van der Waals surface area contributed by atoms with Gasteiger partial charge in [0.15, 0.2) is 5.13 Å². The van der Waals surface area contributed by atoms with Crippen molar-refractivity contribution in [3.8, 4) is 17.3 Å². The first-order valence-corrected chi connectivity index (χ1v) is 9.39. The molecule has 0 bridgehead atoms. The Kier molecular flexibility index (Phi) is 5.44. The normalized spacial score (nSPS) is 11.8. The maximum Gasteiger partial charge on any atom is 0.271 e. The molecule has 0 saturated carbocycles. The van der Waals surface area contributed by atoms with E-state index in [9.17, 15) is 4.79 Å². The van der Waals surface area contributed by atoms with Crippen molar-refractivity contribution in [2.45, 2.75) is 26.4 Å². The number of nitrogens with one attached hydrogen (secondary N) is 1. The van der Waals surface area contributed by atoms with Crippen LogP contribution in [0.15, 0.2) is 29.8 Å². The first kappa shape index (κ1) is 18.9. The van der Waals surface area contributed by atoms with Crippen LogP contribution in [0, 0.1) is 18.3 Å². The minimum atomic E-state index is -0.266. The molecule has 0 spiro atoms. The molecule has 3 rings (SSSR count). The molecule has 0 aliphatic carbocycles. The average molecular weight is 401 g/mol. The van der Waals surface area contributed by atoms with Crippen LogP contribution in [0.4, 0.5) is 5.13 Å². The fourth-order valence-electron chi connectivity index (χ4n) is 2.67. The summed E-state index contributed by atoms with van der Waals surface area (Å²) in [6, 6.07) is 7.31. The number of hydrogen-bond donors (Lipinski definition) is 2. The van der Waals surface area contributed by atoms with Gasteiger partial charge < -0.3 is 11.1 Å². The van der Waals surface area contributed by atoms with Gasteiger partial charge in [-0.1, -0.05) is 17.7 Å². The van der Waals surface area contributed by atoms with Crippen LogP contribution < -0.4 is 11.1 Å². The van der Waals surface area contributed by atoms with E-state index < -0.39 is 0 Å². The van der Waals surface area contributed by atoms with Gasteiger partial charge in [-0.25, -0.2) is 4.98 Å². The van der Waals surface area contributed by atoms with Crippen LogP contribution in [0.5, 0.6) is 0 Å². The van der Waals surface area contributed by atoms with Crippen molar-refractivity contribution in [1.82, 2.24) is 20.1 Å².